The van der Waals surface area contributed by atoms with Gasteiger partial charge in [0, 0.05) is 44.9 Å². The molecule has 0 bridgehead atoms. The number of hydrogen-bond donors (Lipinski definition) is 0. The van der Waals surface area contributed by atoms with Crippen LogP contribution >= 0.6 is 0 Å². The average molecular weight is 835 g/mol. The van der Waals surface area contributed by atoms with Gasteiger partial charge in [0.15, 0.2) is 5.82 Å². The fourth-order valence-electron chi connectivity index (χ4n) is 11.3. The van der Waals surface area contributed by atoms with Crippen molar-refractivity contribution in [1.82, 2.24) is 14.5 Å². The van der Waals surface area contributed by atoms with Gasteiger partial charge in [0.05, 0.1) is 45.0 Å². The number of rotatable bonds is 6. The Morgan fingerprint density at radius 3 is 2.11 bits per heavy atom. The van der Waals surface area contributed by atoms with Crippen molar-refractivity contribution >= 4 is 33.2 Å². The third kappa shape index (κ3) is 5.92. The molecular formula is C59H42N6. The van der Waals surface area contributed by atoms with E-state index in [9.17, 15) is 10.5 Å². The normalized spacial score (nSPS) is 18.4. The number of aromatic nitrogens is 3. The molecular weight excluding hydrogens is 793 g/mol. The number of allylic oxidation sites excluding steroid dienone is 2. The van der Waals surface area contributed by atoms with Crippen LogP contribution in [0.15, 0.2) is 194 Å². The van der Waals surface area contributed by atoms with Crippen molar-refractivity contribution in [2.45, 2.75) is 37.1 Å². The third-order valence-electron chi connectivity index (χ3n) is 14.0. The maximum atomic E-state index is 11.1. The molecule has 6 nitrogen and oxygen atoms in total. The summed E-state index contributed by atoms with van der Waals surface area (Å²) < 4.78 is 2.51. The summed E-state index contributed by atoms with van der Waals surface area (Å²) in [6, 6.07) is 64.3. The maximum absolute atomic E-state index is 11.1. The zero-order chi connectivity index (χ0) is 43.5. The lowest BCUT2D eigenvalue weighted by atomic mass is 9.56. The Kier molecular flexibility index (Phi) is 9.14. The number of hydrogen-bond acceptors (Lipinski definition) is 5. The predicted molar refractivity (Wildman–Crippen MR) is 260 cm³/mol. The first-order valence-electron chi connectivity index (χ1n) is 22.5. The van der Waals surface area contributed by atoms with Crippen LogP contribution in [0.4, 0.5) is 11.4 Å². The van der Waals surface area contributed by atoms with E-state index in [-0.39, 0.29) is 12.0 Å². The van der Waals surface area contributed by atoms with Crippen molar-refractivity contribution in [2.24, 2.45) is 5.92 Å². The van der Waals surface area contributed by atoms with Crippen LogP contribution in [0, 0.1) is 28.6 Å². The van der Waals surface area contributed by atoms with E-state index in [1.54, 1.807) is 6.07 Å². The first kappa shape index (κ1) is 38.4. The van der Waals surface area contributed by atoms with Gasteiger partial charge in [-0.3, -0.25) is 0 Å². The number of anilines is 2. The molecule has 3 atom stereocenters. The third-order valence-corrected chi connectivity index (χ3v) is 14.0. The molecule has 0 saturated heterocycles. The van der Waals surface area contributed by atoms with Crippen LogP contribution in [0.3, 0.4) is 0 Å². The van der Waals surface area contributed by atoms with E-state index < -0.39 is 5.41 Å². The highest BCUT2D eigenvalue weighted by Crippen LogP contribution is 2.57. The summed E-state index contributed by atoms with van der Waals surface area (Å²) in [6.07, 6.45) is 13.7. The molecule has 6 heteroatoms. The zero-order valence-electron chi connectivity index (χ0n) is 35.6. The summed E-state index contributed by atoms with van der Waals surface area (Å²) in [4.78, 5) is 12.4. The molecule has 0 spiro atoms. The summed E-state index contributed by atoms with van der Waals surface area (Å²) in [7, 11) is 0. The van der Waals surface area contributed by atoms with Crippen LogP contribution in [0.1, 0.15) is 51.9 Å². The Morgan fingerprint density at radius 2 is 1.28 bits per heavy atom. The molecule has 3 unspecified atom stereocenters. The lowest BCUT2D eigenvalue weighted by Gasteiger charge is -2.54. The van der Waals surface area contributed by atoms with E-state index >= 15 is 0 Å². The maximum Gasteiger partial charge on any atom is 0.160 e. The van der Waals surface area contributed by atoms with Gasteiger partial charge in [-0.25, -0.2) is 9.97 Å². The molecule has 1 aliphatic heterocycles. The van der Waals surface area contributed by atoms with Gasteiger partial charge in [-0.2, -0.15) is 10.5 Å². The summed E-state index contributed by atoms with van der Waals surface area (Å²) in [5.74, 6) is 0.474. The quantitative estimate of drug-likeness (QED) is 0.167. The van der Waals surface area contributed by atoms with Gasteiger partial charge in [-0.1, -0.05) is 152 Å². The van der Waals surface area contributed by atoms with E-state index in [4.69, 9.17) is 9.97 Å². The minimum atomic E-state index is -0.574. The average Bonchev–Trinajstić information content (AvgIpc) is 3.72. The van der Waals surface area contributed by atoms with Crippen LogP contribution in [0.2, 0.25) is 0 Å². The van der Waals surface area contributed by atoms with Crippen molar-refractivity contribution in [3.63, 3.8) is 0 Å². The Hall–Kier alpha value is -8.32. The Bertz CT molecular complexity index is 3480. The monoisotopic (exact) mass is 834 g/mol. The lowest BCUT2D eigenvalue weighted by molar-refractivity contribution is 0.385. The van der Waals surface area contributed by atoms with Gasteiger partial charge < -0.3 is 9.47 Å². The highest BCUT2D eigenvalue weighted by Gasteiger charge is 2.53. The first-order chi connectivity index (χ1) is 32.2. The number of aryl methyl sites for hydroxylation is 1. The predicted octanol–water partition coefficient (Wildman–Crippen LogP) is 13.1. The number of para-hydroxylation sites is 3. The summed E-state index contributed by atoms with van der Waals surface area (Å²) in [5, 5.41) is 23.4. The number of nitrogens with zero attached hydrogens (tertiary/aromatic N) is 6. The summed E-state index contributed by atoms with van der Waals surface area (Å²) in [5.41, 5.74) is 14.2. The van der Waals surface area contributed by atoms with E-state index in [0.717, 1.165) is 40.7 Å². The molecule has 308 valence electrons. The zero-order valence-corrected chi connectivity index (χ0v) is 35.6. The van der Waals surface area contributed by atoms with Crippen LogP contribution in [-0.4, -0.2) is 20.6 Å². The molecule has 0 radical (unpaired) electrons. The summed E-state index contributed by atoms with van der Waals surface area (Å²) in [6.45, 7) is 0. The van der Waals surface area contributed by atoms with Gasteiger partial charge in [-0.05, 0) is 90.4 Å². The molecule has 3 aliphatic rings. The number of benzene rings is 7. The van der Waals surface area contributed by atoms with Crippen LogP contribution in [0.25, 0.3) is 50.1 Å². The highest BCUT2D eigenvalue weighted by atomic mass is 15.2. The molecule has 65 heavy (non-hydrogen) atoms. The van der Waals surface area contributed by atoms with Crippen molar-refractivity contribution in [3.05, 3.63) is 233 Å². The molecule has 0 saturated carbocycles. The molecule has 9 aromatic rings. The standard InChI is InChI=1S/C59H42N6/c60-37-41-18-15-23-48-56(62-58(63-57(41)48)39-16-3-1-4-17-39)40-30-35-51(42(36-40)38-61)65-54-28-13-9-24-49(54)59(43-19-5-2-6-20-43,50-25-10-14-29-55(50)65)44-31-33-45(34-32-44)64-52-26-11-7-21-46(52)47-22-8-12-27-53(47)64/h1-7,9-11,13-21,23-26,28-36,49,54H,8,12,22,27H2. The SMILES string of the molecule is N#Cc1cc(-c2nc(-c3ccccc3)nc3c(C#N)cccc23)ccc1N1c2ccccc2C(c2ccccc2)(c2ccc(-n3c4c(c5ccccc53)CCCC4)cc2)C2C=CC=CC21. The second-order valence-corrected chi connectivity index (χ2v) is 17.3. The number of fused-ring (bicyclic) bond motifs is 6. The molecule has 7 aromatic carbocycles. The van der Waals surface area contributed by atoms with Gasteiger partial charge in [0.25, 0.3) is 0 Å². The van der Waals surface area contributed by atoms with Crippen molar-refractivity contribution < 1.29 is 0 Å². The van der Waals surface area contributed by atoms with Gasteiger partial charge in [0.2, 0.25) is 0 Å². The van der Waals surface area contributed by atoms with Crippen molar-refractivity contribution in [1.29, 1.82) is 10.5 Å². The minimum Gasteiger partial charge on any atom is -0.332 e. The van der Waals surface area contributed by atoms with Crippen LogP contribution in [-0.2, 0) is 18.3 Å². The topological polar surface area (TPSA) is 81.5 Å². The highest BCUT2D eigenvalue weighted by molar-refractivity contribution is 5.97. The molecule has 0 amide bonds. The Balaban J connectivity index is 1.03. The van der Waals surface area contributed by atoms with Crippen molar-refractivity contribution in [3.8, 4) is 40.5 Å². The van der Waals surface area contributed by atoms with Crippen LogP contribution in [0.5, 0.6) is 0 Å². The lowest BCUT2D eigenvalue weighted by Crippen LogP contribution is -2.53. The van der Waals surface area contributed by atoms with Gasteiger partial charge >= 0.3 is 0 Å². The van der Waals surface area contributed by atoms with E-state index in [1.165, 1.54) is 57.4 Å². The van der Waals surface area contributed by atoms with E-state index in [2.05, 4.69) is 161 Å². The first-order valence-corrected chi connectivity index (χ1v) is 22.5. The molecule has 2 aromatic heterocycles. The molecule has 12 rings (SSSR count). The van der Waals surface area contributed by atoms with Crippen molar-refractivity contribution in [2.75, 3.05) is 4.90 Å². The Labute approximate surface area is 378 Å². The molecule has 3 heterocycles. The van der Waals surface area contributed by atoms with E-state index in [1.807, 2.05) is 48.5 Å². The smallest absolute Gasteiger partial charge is 0.160 e. The van der Waals surface area contributed by atoms with Gasteiger partial charge in [-0.15, -0.1) is 0 Å². The Morgan fingerprint density at radius 1 is 0.569 bits per heavy atom. The van der Waals surface area contributed by atoms with Gasteiger partial charge in [0.1, 0.15) is 12.1 Å². The second-order valence-electron chi connectivity index (χ2n) is 17.3. The summed E-state index contributed by atoms with van der Waals surface area (Å²) >= 11 is 0. The minimum absolute atomic E-state index is 0.0503. The molecule has 2 aliphatic carbocycles. The number of nitriles is 2. The fourth-order valence-corrected chi connectivity index (χ4v) is 11.3. The van der Waals surface area contributed by atoms with E-state index in [0.29, 0.717) is 28.2 Å². The second kappa shape index (κ2) is 15.5. The largest absolute Gasteiger partial charge is 0.332 e. The fraction of sp³-hybridized carbons (Fsp3) is 0.119. The molecule has 0 N–H and O–H groups in total. The van der Waals surface area contributed by atoms with Crippen LogP contribution < -0.4 is 4.90 Å². The molecule has 0 fully saturated rings.